The summed E-state index contributed by atoms with van der Waals surface area (Å²) in [5.74, 6) is 2.02. The first-order chi connectivity index (χ1) is 11.4. The lowest BCUT2D eigenvalue weighted by molar-refractivity contribution is 0.0359. The van der Waals surface area contributed by atoms with Crippen LogP contribution in [0.1, 0.15) is 24.0 Å². The molecule has 1 aromatic carbocycles. The molecule has 2 heterocycles. The van der Waals surface area contributed by atoms with Crippen LogP contribution in [0.5, 0.6) is 5.75 Å². The molecular formula is C18H22N2O4. The number of ether oxygens (including phenoxy) is 1. The number of para-hydroxylation sites is 1. The first-order valence-corrected chi connectivity index (χ1v) is 7.99. The number of benzene rings is 1. The average molecular weight is 330 g/mol. The van der Waals surface area contributed by atoms with Gasteiger partial charge in [-0.25, -0.2) is 4.79 Å². The highest BCUT2D eigenvalue weighted by Crippen LogP contribution is 2.27. The van der Waals surface area contributed by atoms with Crippen molar-refractivity contribution in [2.75, 3.05) is 13.1 Å². The Labute approximate surface area is 140 Å². The zero-order valence-electron chi connectivity index (χ0n) is 13.8. The van der Waals surface area contributed by atoms with E-state index in [-0.39, 0.29) is 18.7 Å². The zero-order chi connectivity index (χ0) is 17.2. The van der Waals surface area contributed by atoms with Crippen LogP contribution in [-0.4, -0.2) is 30.3 Å². The summed E-state index contributed by atoms with van der Waals surface area (Å²) in [6.07, 6.45) is 0.709. The van der Waals surface area contributed by atoms with Gasteiger partial charge in [-0.1, -0.05) is 18.2 Å². The van der Waals surface area contributed by atoms with Crippen LogP contribution >= 0.6 is 0 Å². The fraction of sp³-hybridized carbons (Fsp3) is 0.389. The Balaban J connectivity index is 1.44. The Hall–Kier alpha value is -2.47. The average Bonchev–Trinajstić information content (AvgIpc) is 3.17. The summed E-state index contributed by atoms with van der Waals surface area (Å²) in [5.41, 5.74) is -0.105. The predicted octanol–water partition coefficient (Wildman–Crippen LogP) is 2.10. The summed E-state index contributed by atoms with van der Waals surface area (Å²) in [5, 5.41) is 15.8. The van der Waals surface area contributed by atoms with Crippen molar-refractivity contribution < 1.29 is 19.1 Å². The molecule has 6 heteroatoms. The SMILES string of the molecule is Cc1ccc([C@@](C)(O)CNC(=O)NC[C@H]2Cc3ccccc3O2)o1. The van der Waals surface area contributed by atoms with Crippen molar-refractivity contribution in [2.45, 2.75) is 32.0 Å². The van der Waals surface area contributed by atoms with E-state index in [1.807, 2.05) is 24.3 Å². The Morgan fingerprint density at radius 2 is 2.08 bits per heavy atom. The number of aliphatic hydroxyl groups is 1. The van der Waals surface area contributed by atoms with Crippen LogP contribution in [0.3, 0.4) is 0 Å². The lowest BCUT2D eigenvalue weighted by Crippen LogP contribution is -2.45. The number of amides is 2. The molecule has 1 aromatic heterocycles. The normalized spacial score (nSPS) is 18.4. The minimum Gasteiger partial charge on any atom is -0.488 e. The van der Waals surface area contributed by atoms with Crippen molar-refractivity contribution in [1.29, 1.82) is 0 Å². The Morgan fingerprint density at radius 3 is 2.79 bits per heavy atom. The van der Waals surface area contributed by atoms with Gasteiger partial charge in [0.05, 0.1) is 13.1 Å². The molecule has 0 aliphatic carbocycles. The Bertz CT molecular complexity index is 698. The molecule has 0 radical (unpaired) electrons. The molecule has 0 saturated carbocycles. The van der Waals surface area contributed by atoms with Crippen LogP contribution in [0.2, 0.25) is 0 Å². The van der Waals surface area contributed by atoms with Gasteiger partial charge in [-0.05, 0) is 37.6 Å². The third-order valence-corrected chi connectivity index (χ3v) is 4.07. The van der Waals surface area contributed by atoms with Crippen molar-refractivity contribution >= 4 is 6.03 Å². The molecule has 0 spiro atoms. The predicted molar refractivity (Wildman–Crippen MR) is 89.0 cm³/mol. The lowest BCUT2D eigenvalue weighted by Gasteiger charge is -2.21. The second-order valence-corrected chi connectivity index (χ2v) is 6.30. The minimum atomic E-state index is -1.26. The van der Waals surface area contributed by atoms with Crippen LogP contribution in [0, 0.1) is 6.92 Å². The number of rotatable bonds is 5. The molecule has 128 valence electrons. The second-order valence-electron chi connectivity index (χ2n) is 6.30. The lowest BCUT2D eigenvalue weighted by atomic mass is 10.0. The fourth-order valence-electron chi connectivity index (χ4n) is 2.70. The van der Waals surface area contributed by atoms with Crippen LogP contribution in [0.4, 0.5) is 4.79 Å². The number of carbonyl (C=O) groups excluding carboxylic acids is 1. The molecule has 6 nitrogen and oxygen atoms in total. The molecule has 3 N–H and O–H groups in total. The second kappa shape index (κ2) is 6.57. The first kappa shape index (κ1) is 16.4. The molecule has 0 fully saturated rings. The number of hydrogen-bond donors (Lipinski definition) is 3. The molecular weight excluding hydrogens is 308 g/mol. The van der Waals surface area contributed by atoms with E-state index in [9.17, 15) is 9.90 Å². The molecule has 1 aliphatic heterocycles. The van der Waals surface area contributed by atoms with E-state index in [0.717, 1.165) is 17.7 Å². The fourth-order valence-corrected chi connectivity index (χ4v) is 2.70. The van der Waals surface area contributed by atoms with Gasteiger partial charge in [0.15, 0.2) is 0 Å². The summed E-state index contributed by atoms with van der Waals surface area (Å²) in [7, 11) is 0. The van der Waals surface area contributed by atoms with E-state index in [0.29, 0.717) is 18.1 Å². The molecule has 2 aromatic rings. The molecule has 0 saturated heterocycles. The summed E-state index contributed by atoms with van der Waals surface area (Å²) in [4.78, 5) is 11.9. The van der Waals surface area contributed by atoms with Crippen molar-refractivity contribution in [3.8, 4) is 5.75 Å². The van der Waals surface area contributed by atoms with Crippen LogP contribution in [-0.2, 0) is 12.0 Å². The molecule has 2 amide bonds. The zero-order valence-corrected chi connectivity index (χ0v) is 13.8. The van der Waals surface area contributed by atoms with Gasteiger partial charge in [-0.15, -0.1) is 0 Å². The van der Waals surface area contributed by atoms with Crippen molar-refractivity contribution in [3.63, 3.8) is 0 Å². The Kier molecular flexibility index (Phi) is 4.49. The van der Waals surface area contributed by atoms with Crippen LogP contribution in [0.25, 0.3) is 0 Å². The maximum Gasteiger partial charge on any atom is 0.315 e. The van der Waals surface area contributed by atoms with Gasteiger partial charge in [-0.3, -0.25) is 0 Å². The molecule has 3 rings (SSSR count). The minimum absolute atomic E-state index is 0.0531. The maximum absolute atomic E-state index is 11.9. The van der Waals surface area contributed by atoms with E-state index < -0.39 is 5.60 Å². The number of fused-ring (bicyclic) bond motifs is 1. The molecule has 0 unspecified atom stereocenters. The topological polar surface area (TPSA) is 83.7 Å². The van der Waals surface area contributed by atoms with Gasteiger partial charge >= 0.3 is 6.03 Å². The summed E-state index contributed by atoms with van der Waals surface area (Å²) in [6, 6.07) is 11.0. The highest BCUT2D eigenvalue weighted by molar-refractivity contribution is 5.74. The summed E-state index contributed by atoms with van der Waals surface area (Å²) in [6.45, 7) is 3.86. The first-order valence-electron chi connectivity index (χ1n) is 7.99. The summed E-state index contributed by atoms with van der Waals surface area (Å²) < 4.78 is 11.2. The van der Waals surface area contributed by atoms with Gasteiger partial charge in [0.1, 0.15) is 29.0 Å². The third kappa shape index (κ3) is 3.71. The molecule has 2 atom stereocenters. The smallest absolute Gasteiger partial charge is 0.315 e. The van der Waals surface area contributed by atoms with E-state index in [1.54, 1.807) is 26.0 Å². The molecule has 24 heavy (non-hydrogen) atoms. The largest absolute Gasteiger partial charge is 0.488 e. The number of urea groups is 1. The number of aryl methyl sites for hydroxylation is 1. The number of furan rings is 1. The third-order valence-electron chi connectivity index (χ3n) is 4.07. The van der Waals surface area contributed by atoms with Gasteiger partial charge in [0.2, 0.25) is 0 Å². The number of carbonyl (C=O) groups is 1. The van der Waals surface area contributed by atoms with Gasteiger partial charge in [0, 0.05) is 6.42 Å². The quantitative estimate of drug-likeness (QED) is 0.784. The van der Waals surface area contributed by atoms with Gasteiger partial charge < -0.3 is 24.9 Å². The molecule has 0 bridgehead atoms. The van der Waals surface area contributed by atoms with E-state index in [1.165, 1.54) is 0 Å². The van der Waals surface area contributed by atoms with E-state index >= 15 is 0 Å². The van der Waals surface area contributed by atoms with Crippen LogP contribution < -0.4 is 15.4 Å². The van der Waals surface area contributed by atoms with Gasteiger partial charge in [0.25, 0.3) is 0 Å². The van der Waals surface area contributed by atoms with Crippen molar-refractivity contribution in [1.82, 2.24) is 10.6 Å². The van der Waals surface area contributed by atoms with Gasteiger partial charge in [-0.2, -0.15) is 0 Å². The number of hydrogen-bond acceptors (Lipinski definition) is 4. The maximum atomic E-state index is 11.9. The highest BCUT2D eigenvalue weighted by atomic mass is 16.5. The monoisotopic (exact) mass is 330 g/mol. The molecule has 1 aliphatic rings. The van der Waals surface area contributed by atoms with E-state index in [2.05, 4.69) is 10.6 Å². The highest BCUT2D eigenvalue weighted by Gasteiger charge is 2.28. The van der Waals surface area contributed by atoms with Crippen LogP contribution in [0.15, 0.2) is 40.8 Å². The van der Waals surface area contributed by atoms with Crippen molar-refractivity contribution in [3.05, 3.63) is 53.5 Å². The van der Waals surface area contributed by atoms with E-state index in [4.69, 9.17) is 9.15 Å². The Morgan fingerprint density at radius 1 is 1.29 bits per heavy atom. The standard InChI is InChI=1S/C18H22N2O4/c1-12-7-8-16(23-12)18(2,22)11-20-17(21)19-10-14-9-13-5-3-4-6-15(13)24-14/h3-8,14,22H,9-11H2,1-2H3,(H2,19,20,21)/t14-,18+/m1/s1. The number of nitrogens with one attached hydrogen (secondary N) is 2. The van der Waals surface area contributed by atoms with Crippen molar-refractivity contribution in [2.24, 2.45) is 0 Å². The summed E-state index contributed by atoms with van der Waals surface area (Å²) >= 11 is 0.